The molecule has 1 N–H and O–H groups in total. The fraction of sp³-hybridized carbons (Fsp3) is 0.421. The van der Waals surface area contributed by atoms with Gasteiger partial charge in [-0.3, -0.25) is 9.69 Å². The summed E-state index contributed by atoms with van der Waals surface area (Å²) in [6.45, 7) is 2.26. The van der Waals surface area contributed by atoms with Gasteiger partial charge >= 0.3 is 0 Å². The standard InChI is InChI=1S/C19H22ClFN2O2/c20-14-7-5-8-15(21)18(14)19(24)22-13-16(17-9-6-12-25-17)23-10-3-1-2-4-11-23/h5-9,12,16H,1-4,10-11,13H2,(H,22,24). The van der Waals surface area contributed by atoms with Crippen LogP contribution in [0.25, 0.3) is 0 Å². The molecule has 3 rings (SSSR count). The van der Waals surface area contributed by atoms with Crippen LogP contribution < -0.4 is 5.32 Å². The zero-order valence-electron chi connectivity index (χ0n) is 14.0. The lowest BCUT2D eigenvalue weighted by molar-refractivity contribution is 0.0923. The average molecular weight is 365 g/mol. The highest BCUT2D eigenvalue weighted by molar-refractivity contribution is 6.33. The highest BCUT2D eigenvalue weighted by atomic mass is 35.5. The van der Waals surface area contributed by atoms with E-state index in [2.05, 4.69) is 10.2 Å². The van der Waals surface area contributed by atoms with E-state index in [0.717, 1.165) is 31.7 Å². The van der Waals surface area contributed by atoms with Crippen LogP contribution in [-0.2, 0) is 0 Å². The van der Waals surface area contributed by atoms with Crippen molar-refractivity contribution in [2.75, 3.05) is 19.6 Å². The molecule has 1 fully saturated rings. The van der Waals surface area contributed by atoms with E-state index < -0.39 is 11.7 Å². The van der Waals surface area contributed by atoms with Crippen LogP contribution in [0.5, 0.6) is 0 Å². The van der Waals surface area contributed by atoms with E-state index in [1.54, 1.807) is 6.26 Å². The van der Waals surface area contributed by atoms with Gasteiger partial charge in [-0.2, -0.15) is 0 Å². The molecule has 1 aliphatic heterocycles. The van der Waals surface area contributed by atoms with Gasteiger partial charge in [0.2, 0.25) is 0 Å². The summed E-state index contributed by atoms with van der Waals surface area (Å²) < 4.78 is 19.5. The Bertz CT molecular complexity index is 677. The summed E-state index contributed by atoms with van der Waals surface area (Å²) in [7, 11) is 0. The van der Waals surface area contributed by atoms with E-state index in [0.29, 0.717) is 6.54 Å². The molecule has 0 radical (unpaired) electrons. The highest BCUT2D eigenvalue weighted by Crippen LogP contribution is 2.25. The smallest absolute Gasteiger partial charge is 0.255 e. The van der Waals surface area contributed by atoms with Gasteiger partial charge in [0.25, 0.3) is 5.91 Å². The number of nitrogens with zero attached hydrogens (tertiary/aromatic N) is 1. The molecule has 1 aromatic heterocycles. The Morgan fingerprint density at radius 2 is 1.96 bits per heavy atom. The number of benzene rings is 1. The molecule has 25 heavy (non-hydrogen) atoms. The van der Waals surface area contributed by atoms with Gasteiger partial charge in [-0.25, -0.2) is 4.39 Å². The molecule has 1 atom stereocenters. The van der Waals surface area contributed by atoms with Gasteiger partial charge in [-0.05, 0) is 50.2 Å². The topological polar surface area (TPSA) is 45.5 Å². The van der Waals surface area contributed by atoms with Crippen molar-refractivity contribution >= 4 is 17.5 Å². The lowest BCUT2D eigenvalue weighted by Gasteiger charge is -2.29. The third kappa shape index (κ3) is 4.41. The quantitative estimate of drug-likeness (QED) is 0.854. The molecule has 1 aromatic carbocycles. The number of rotatable bonds is 5. The van der Waals surface area contributed by atoms with Gasteiger partial charge < -0.3 is 9.73 Å². The van der Waals surface area contributed by atoms with Gasteiger partial charge in [0.1, 0.15) is 11.6 Å². The van der Waals surface area contributed by atoms with Crippen molar-refractivity contribution in [3.63, 3.8) is 0 Å². The Labute approximate surface area is 152 Å². The van der Waals surface area contributed by atoms with E-state index in [4.69, 9.17) is 16.0 Å². The van der Waals surface area contributed by atoms with Crippen molar-refractivity contribution in [3.8, 4) is 0 Å². The zero-order valence-corrected chi connectivity index (χ0v) is 14.8. The number of hydrogen-bond acceptors (Lipinski definition) is 3. The molecule has 6 heteroatoms. The first-order chi connectivity index (χ1) is 12.2. The molecule has 134 valence electrons. The second-order valence-corrected chi connectivity index (χ2v) is 6.70. The van der Waals surface area contributed by atoms with Crippen LogP contribution in [0.3, 0.4) is 0 Å². The van der Waals surface area contributed by atoms with Gasteiger partial charge in [0.05, 0.1) is 22.9 Å². The Hall–Kier alpha value is -1.85. The maximum atomic E-state index is 13.9. The fourth-order valence-electron chi connectivity index (χ4n) is 3.29. The van der Waals surface area contributed by atoms with E-state index in [1.165, 1.54) is 31.0 Å². The minimum absolute atomic E-state index is 0.0670. The normalized spacial score (nSPS) is 17.0. The number of likely N-dealkylation sites (tertiary alicyclic amines) is 1. The molecule has 0 aliphatic carbocycles. The summed E-state index contributed by atoms with van der Waals surface area (Å²) in [5.74, 6) is -0.314. The SMILES string of the molecule is O=C(NCC(c1ccco1)N1CCCCCC1)c1c(F)cccc1Cl. The number of carbonyl (C=O) groups excluding carboxylic acids is 1. The second-order valence-electron chi connectivity index (χ2n) is 6.29. The van der Waals surface area contributed by atoms with Gasteiger partial charge in [-0.15, -0.1) is 0 Å². The predicted molar refractivity (Wildman–Crippen MR) is 95.2 cm³/mol. The summed E-state index contributed by atoms with van der Waals surface area (Å²) in [6.07, 6.45) is 6.33. The molecular weight excluding hydrogens is 343 g/mol. The first kappa shape index (κ1) is 18.0. The minimum Gasteiger partial charge on any atom is -0.468 e. The van der Waals surface area contributed by atoms with Crippen LogP contribution in [-0.4, -0.2) is 30.4 Å². The monoisotopic (exact) mass is 364 g/mol. The molecule has 4 nitrogen and oxygen atoms in total. The second kappa shape index (κ2) is 8.50. The first-order valence-electron chi connectivity index (χ1n) is 8.66. The molecule has 1 unspecified atom stereocenters. The zero-order chi connectivity index (χ0) is 17.6. The van der Waals surface area contributed by atoms with E-state index in [-0.39, 0.29) is 16.6 Å². The van der Waals surface area contributed by atoms with E-state index in [9.17, 15) is 9.18 Å². The number of carbonyl (C=O) groups is 1. The van der Waals surface area contributed by atoms with Crippen LogP contribution in [0, 0.1) is 5.82 Å². The van der Waals surface area contributed by atoms with Crippen molar-refractivity contribution in [3.05, 3.63) is 58.8 Å². The predicted octanol–water partition coefficient (Wildman–Crippen LogP) is 4.42. The molecule has 1 saturated heterocycles. The highest BCUT2D eigenvalue weighted by Gasteiger charge is 2.25. The molecule has 0 saturated carbocycles. The lowest BCUT2D eigenvalue weighted by Crippen LogP contribution is -2.38. The van der Waals surface area contributed by atoms with Crippen molar-refractivity contribution in [1.82, 2.24) is 10.2 Å². The Balaban J connectivity index is 1.73. The molecule has 2 heterocycles. The van der Waals surface area contributed by atoms with Crippen molar-refractivity contribution in [1.29, 1.82) is 0 Å². The summed E-state index contributed by atoms with van der Waals surface area (Å²) in [4.78, 5) is 14.8. The number of amides is 1. The molecule has 1 aliphatic rings. The Morgan fingerprint density at radius 1 is 1.20 bits per heavy atom. The third-order valence-electron chi connectivity index (χ3n) is 4.60. The molecule has 0 bridgehead atoms. The number of hydrogen-bond donors (Lipinski definition) is 1. The average Bonchev–Trinajstić information content (AvgIpc) is 2.98. The number of halogens is 2. The Morgan fingerprint density at radius 3 is 2.60 bits per heavy atom. The lowest BCUT2D eigenvalue weighted by atomic mass is 10.1. The van der Waals surface area contributed by atoms with E-state index >= 15 is 0 Å². The number of nitrogens with one attached hydrogen (secondary N) is 1. The molecule has 0 spiro atoms. The van der Waals surface area contributed by atoms with E-state index in [1.807, 2.05) is 12.1 Å². The summed E-state index contributed by atoms with van der Waals surface area (Å²) in [6, 6.07) is 7.92. The summed E-state index contributed by atoms with van der Waals surface area (Å²) in [5, 5.41) is 2.93. The van der Waals surface area contributed by atoms with Crippen LogP contribution >= 0.6 is 11.6 Å². The van der Waals surface area contributed by atoms with Gasteiger partial charge in [0, 0.05) is 6.54 Å². The fourth-order valence-corrected chi connectivity index (χ4v) is 3.54. The third-order valence-corrected chi connectivity index (χ3v) is 4.91. The maximum absolute atomic E-state index is 13.9. The largest absolute Gasteiger partial charge is 0.468 e. The minimum atomic E-state index is -0.616. The van der Waals surface area contributed by atoms with Gasteiger partial charge in [0.15, 0.2) is 0 Å². The van der Waals surface area contributed by atoms with Gasteiger partial charge in [-0.1, -0.05) is 30.5 Å². The number of furan rings is 1. The van der Waals surface area contributed by atoms with Crippen LogP contribution in [0.2, 0.25) is 5.02 Å². The van der Waals surface area contributed by atoms with Crippen molar-refractivity contribution in [2.24, 2.45) is 0 Å². The molecule has 1 amide bonds. The Kier molecular flexibility index (Phi) is 6.10. The summed E-state index contributed by atoms with van der Waals surface area (Å²) >= 11 is 5.98. The van der Waals surface area contributed by atoms with Crippen molar-refractivity contribution < 1.29 is 13.6 Å². The first-order valence-corrected chi connectivity index (χ1v) is 9.04. The van der Waals surface area contributed by atoms with Crippen LogP contribution in [0.1, 0.15) is 47.8 Å². The maximum Gasteiger partial charge on any atom is 0.255 e. The summed E-state index contributed by atoms with van der Waals surface area (Å²) in [5.41, 5.74) is -0.113. The van der Waals surface area contributed by atoms with Crippen LogP contribution in [0.4, 0.5) is 4.39 Å². The molecule has 2 aromatic rings. The van der Waals surface area contributed by atoms with Crippen molar-refractivity contribution in [2.45, 2.75) is 31.7 Å². The molecular formula is C19H22ClFN2O2. The van der Waals surface area contributed by atoms with Crippen LogP contribution in [0.15, 0.2) is 41.0 Å².